The summed E-state index contributed by atoms with van der Waals surface area (Å²) in [6, 6.07) is 6.59. The molecule has 2 rings (SSSR count). The molecule has 0 aliphatic carbocycles. The minimum Gasteiger partial charge on any atom is -0.276 e. The van der Waals surface area contributed by atoms with Gasteiger partial charge in [0.1, 0.15) is 6.33 Å². The molecule has 0 spiro atoms. The maximum absolute atomic E-state index is 12.1. The Labute approximate surface area is 122 Å². The van der Waals surface area contributed by atoms with E-state index in [1.807, 2.05) is 20.8 Å². The molecular formula is C15H17N3O3. The molecule has 2 aromatic rings. The predicted molar refractivity (Wildman–Crippen MR) is 77.8 cm³/mol. The number of carbonyl (C=O) groups is 2. The topological polar surface area (TPSA) is 64.4 Å². The molecule has 1 heterocycles. The maximum Gasteiger partial charge on any atom is 0.263 e. The number of benzene rings is 1. The molecule has 0 radical (unpaired) electrons. The van der Waals surface area contributed by atoms with Crippen molar-refractivity contribution in [2.75, 3.05) is 5.06 Å². The highest BCUT2D eigenvalue weighted by Gasteiger charge is 2.18. The zero-order valence-electron chi connectivity index (χ0n) is 12.2. The highest BCUT2D eigenvalue weighted by atomic mass is 16.7. The molecule has 6 nitrogen and oxygen atoms in total. The molecule has 0 N–H and O–H groups in total. The Morgan fingerprint density at radius 2 is 1.95 bits per heavy atom. The van der Waals surface area contributed by atoms with Gasteiger partial charge in [0.2, 0.25) is 6.41 Å². The van der Waals surface area contributed by atoms with Gasteiger partial charge in [-0.15, -0.1) is 0 Å². The normalized spacial score (nSPS) is 11.2. The molecule has 6 heteroatoms. The van der Waals surface area contributed by atoms with Crippen LogP contribution in [0.2, 0.25) is 0 Å². The first kappa shape index (κ1) is 14.9. The lowest BCUT2D eigenvalue weighted by Crippen LogP contribution is -2.33. The average Bonchev–Trinajstić information content (AvgIpc) is 2.97. The first-order valence-corrected chi connectivity index (χ1v) is 6.47. The number of carbonyl (C=O) groups excluding carboxylic acids is 2. The number of amides is 1. The van der Waals surface area contributed by atoms with Gasteiger partial charge < -0.3 is 0 Å². The molecule has 0 bridgehead atoms. The van der Waals surface area contributed by atoms with E-state index in [0.29, 0.717) is 17.7 Å². The monoisotopic (exact) mass is 287 g/mol. The lowest BCUT2D eigenvalue weighted by Gasteiger charge is -2.26. The molecule has 1 aromatic carbocycles. The van der Waals surface area contributed by atoms with Gasteiger partial charge in [-0.2, -0.15) is 5.06 Å². The van der Waals surface area contributed by atoms with Crippen LogP contribution >= 0.6 is 0 Å². The summed E-state index contributed by atoms with van der Waals surface area (Å²) in [4.78, 5) is 32.6. The van der Waals surface area contributed by atoms with Gasteiger partial charge in [0, 0.05) is 18.0 Å². The Balaban J connectivity index is 2.18. The molecule has 21 heavy (non-hydrogen) atoms. The largest absolute Gasteiger partial charge is 0.276 e. The minimum absolute atomic E-state index is 0.187. The molecule has 0 fully saturated rings. The van der Waals surface area contributed by atoms with Gasteiger partial charge in [-0.1, -0.05) is 0 Å². The smallest absolute Gasteiger partial charge is 0.263 e. The Morgan fingerprint density at radius 1 is 1.29 bits per heavy atom. The van der Waals surface area contributed by atoms with Crippen LogP contribution in [-0.4, -0.2) is 27.5 Å². The van der Waals surface area contributed by atoms with Crippen LogP contribution in [0.4, 0.5) is 5.69 Å². The van der Waals surface area contributed by atoms with Crippen LogP contribution in [0.25, 0.3) is 0 Å². The number of imidazole rings is 1. The second-order valence-electron chi connectivity index (χ2n) is 5.46. The van der Waals surface area contributed by atoms with Crippen LogP contribution in [0.3, 0.4) is 0 Å². The van der Waals surface area contributed by atoms with E-state index in [4.69, 9.17) is 4.84 Å². The molecule has 0 saturated carbocycles. The molecule has 110 valence electrons. The van der Waals surface area contributed by atoms with Crippen LogP contribution in [-0.2, 0) is 9.63 Å². The van der Waals surface area contributed by atoms with Crippen LogP contribution < -0.4 is 5.06 Å². The molecule has 0 aliphatic rings. The Morgan fingerprint density at radius 3 is 2.43 bits per heavy atom. The number of aromatic nitrogens is 2. The summed E-state index contributed by atoms with van der Waals surface area (Å²) in [5, 5.41) is 1.14. The van der Waals surface area contributed by atoms with E-state index in [1.54, 1.807) is 30.5 Å². The van der Waals surface area contributed by atoms with Crippen LogP contribution in [0.1, 0.15) is 31.1 Å². The molecular weight excluding hydrogens is 270 g/mol. The zero-order chi connectivity index (χ0) is 15.5. The summed E-state index contributed by atoms with van der Waals surface area (Å²) in [5.74, 6) is -0.187. The average molecular weight is 287 g/mol. The first-order valence-electron chi connectivity index (χ1n) is 6.47. The van der Waals surface area contributed by atoms with Gasteiger partial charge in [-0.3, -0.25) is 19.0 Å². The fourth-order valence-electron chi connectivity index (χ4n) is 1.71. The van der Waals surface area contributed by atoms with E-state index in [0.717, 1.165) is 5.06 Å². The molecule has 0 saturated heterocycles. The van der Waals surface area contributed by atoms with Crippen molar-refractivity contribution < 1.29 is 14.4 Å². The zero-order valence-corrected chi connectivity index (χ0v) is 12.2. The Bertz CT molecular complexity index is 613. The highest BCUT2D eigenvalue weighted by Crippen LogP contribution is 2.19. The summed E-state index contributed by atoms with van der Waals surface area (Å²) < 4.78 is 1.39. The van der Waals surface area contributed by atoms with Gasteiger partial charge in [-0.25, -0.2) is 4.98 Å². The summed E-state index contributed by atoms with van der Waals surface area (Å²) in [5.41, 5.74) is 0.562. The van der Waals surface area contributed by atoms with Crippen molar-refractivity contribution in [3.8, 4) is 0 Å². The van der Waals surface area contributed by atoms with Crippen molar-refractivity contribution in [2.24, 2.45) is 0 Å². The number of rotatable bonds is 4. The standard InChI is InChI=1S/C15H17N3O3/c1-15(2,3)21-18(11-19)13-6-4-12(5-7-13)14(20)17-9-8-16-10-17/h4-11H,1-3H3. The van der Waals surface area contributed by atoms with Crippen molar-refractivity contribution in [1.82, 2.24) is 9.55 Å². The Kier molecular flexibility index (Phi) is 4.18. The minimum atomic E-state index is -0.494. The second-order valence-corrected chi connectivity index (χ2v) is 5.46. The Hall–Kier alpha value is -2.47. The molecule has 1 aromatic heterocycles. The van der Waals surface area contributed by atoms with Crippen molar-refractivity contribution in [1.29, 1.82) is 0 Å². The van der Waals surface area contributed by atoms with E-state index in [9.17, 15) is 9.59 Å². The summed E-state index contributed by atoms with van der Waals surface area (Å²) in [7, 11) is 0. The number of anilines is 1. The summed E-state index contributed by atoms with van der Waals surface area (Å²) >= 11 is 0. The van der Waals surface area contributed by atoms with Gasteiger partial charge in [0.05, 0.1) is 11.3 Å². The molecule has 0 aliphatic heterocycles. The van der Waals surface area contributed by atoms with Crippen molar-refractivity contribution >= 4 is 18.0 Å². The number of hydrogen-bond acceptors (Lipinski definition) is 4. The predicted octanol–water partition coefficient (Wildman–Crippen LogP) is 2.26. The van der Waals surface area contributed by atoms with Crippen molar-refractivity contribution in [3.05, 3.63) is 48.5 Å². The van der Waals surface area contributed by atoms with Gasteiger partial charge in [0.15, 0.2) is 0 Å². The van der Waals surface area contributed by atoms with Crippen LogP contribution in [0, 0.1) is 0 Å². The van der Waals surface area contributed by atoms with Gasteiger partial charge in [0.25, 0.3) is 5.91 Å². The fourth-order valence-corrected chi connectivity index (χ4v) is 1.71. The van der Waals surface area contributed by atoms with E-state index >= 15 is 0 Å². The third kappa shape index (κ3) is 3.76. The molecule has 0 atom stereocenters. The number of hydroxylamine groups is 1. The molecule has 1 amide bonds. The van der Waals surface area contributed by atoms with Gasteiger partial charge >= 0.3 is 0 Å². The highest BCUT2D eigenvalue weighted by molar-refractivity contribution is 5.96. The van der Waals surface area contributed by atoms with E-state index < -0.39 is 5.60 Å². The second kappa shape index (κ2) is 5.88. The number of hydrogen-bond donors (Lipinski definition) is 0. The SMILES string of the molecule is CC(C)(C)ON(C=O)c1ccc(C(=O)n2ccnc2)cc1. The number of nitrogens with zero attached hydrogens (tertiary/aromatic N) is 3. The van der Waals surface area contributed by atoms with Gasteiger partial charge in [-0.05, 0) is 45.0 Å². The van der Waals surface area contributed by atoms with Crippen LogP contribution in [0.5, 0.6) is 0 Å². The third-order valence-electron chi connectivity index (χ3n) is 2.58. The van der Waals surface area contributed by atoms with Crippen LogP contribution in [0.15, 0.2) is 43.0 Å². The van der Waals surface area contributed by atoms with E-state index in [1.165, 1.54) is 17.1 Å². The summed E-state index contributed by atoms with van der Waals surface area (Å²) in [6.07, 6.45) is 5.16. The third-order valence-corrected chi connectivity index (χ3v) is 2.58. The lowest BCUT2D eigenvalue weighted by atomic mass is 10.2. The first-order chi connectivity index (χ1) is 9.90. The quantitative estimate of drug-likeness (QED) is 0.639. The fraction of sp³-hybridized carbons (Fsp3) is 0.267. The molecule has 0 unspecified atom stereocenters. The van der Waals surface area contributed by atoms with Crippen molar-refractivity contribution in [3.63, 3.8) is 0 Å². The van der Waals surface area contributed by atoms with Crippen molar-refractivity contribution in [2.45, 2.75) is 26.4 Å². The maximum atomic E-state index is 12.1. The van der Waals surface area contributed by atoms with E-state index in [-0.39, 0.29) is 5.91 Å². The van der Waals surface area contributed by atoms with E-state index in [2.05, 4.69) is 4.98 Å². The lowest BCUT2D eigenvalue weighted by molar-refractivity contribution is -0.120. The summed E-state index contributed by atoms with van der Waals surface area (Å²) in [6.45, 7) is 5.54.